The van der Waals surface area contributed by atoms with Crippen molar-refractivity contribution < 1.29 is 13.2 Å². The second kappa shape index (κ2) is 7.12. The van der Waals surface area contributed by atoms with Crippen LogP contribution in [0.1, 0.15) is 18.9 Å². The minimum Gasteiger partial charge on any atom is -0.312 e. The van der Waals surface area contributed by atoms with E-state index in [1.807, 2.05) is 6.07 Å². The average molecular weight is 396 g/mol. The maximum absolute atomic E-state index is 13.0. The molecule has 0 saturated carbocycles. The Bertz CT molecular complexity index is 1120. The van der Waals surface area contributed by atoms with Gasteiger partial charge in [-0.1, -0.05) is 12.1 Å². The topological polar surface area (TPSA) is 84.3 Å². The third kappa shape index (κ3) is 3.38. The molecule has 28 heavy (non-hydrogen) atoms. The predicted octanol–water partition coefficient (Wildman–Crippen LogP) is 2.97. The van der Waals surface area contributed by atoms with Gasteiger partial charge in [0.25, 0.3) is 10.0 Å². The van der Waals surface area contributed by atoms with Gasteiger partial charge in [0.2, 0.25) is 5.91 Å². The molecule has 8 heteroatoms. The summed E-state index contributed by atoms with van der Waals surface area (Å²) in [7, 11) is -3.79. The predicted molar refractivity (Wildman–Crippen MR) is 107 cm³/mol. The fourth-order valence-corrected chi connectivity index (χ4v) is 4.57. The zero-order valence-corrected chi connectivity index (χ0v) is 16.2. The van der Waals surface area contributed by atoms with Crippen molar-refractivity contribution in [2.24, 2.45) is 0 Å². The van der Waals surface area contributed by atoms with E-state index >= 15 is 0 Å². The molecule has 1 aliphatic rings. The second-order valence-electron chi connectivity index (χ2n) is 6.64. The summed E-state index contributed by atoms with van der Waals surface area (Å²) >= 11 is 0. The third-order valence-corrected chi connectivity index (χ3v) is 6.12. The van der Waals surface area contributed by atoms with Crippen molar-refractivity contribution in [3.8, 4) is 5.69 Å². The number of hydrogen-bond acceptors (Lipinski definition) is 4. The van der Waals surface area contributed by atoms with Crippen molar-refractivity contribution in [1.29, 1.82) is 0 Å². The lowest BCUT2D eigenvalue weighted by Gasteiger charge is -2.28. The SMILES string of the molecule is CC(=O)N1CCCc2cc(S(=O)(=O)Nc3ccccc3-n3cccn3)ccc21. The molecule has 0 spiro atoms. The first-order valence-corrected chi connectivity index (χ1v) is 10.5. The number of benzene rings is 2. The van der Waals surface area contributed by atoms with Crippen molar-refractivity contribution in [2.75, 3.05) is 16.2 Å². The molecule has 0 fully saturated rings. The zero-order chi connectivity index (χ0) is 19.7. The van der Waals surface area contributed by atoms with Crippen molar-refractivity contribution in [3.63, 3.8) is 0 Å². The van der Waals surface area contributed by atoms with Crippen LogP contribution in [0.3, 0.4) is 0 Å². The van der Waals surface area contributed by atoms with Gasteiger partial charge in [0, 0.05) is 31.5 Å². The lowest BCUT2D eigenvalue weighted by Crippen LogP contribution is -2.33. The van der Waals surface area contributed by atoms with E-state index in [1.165, 1.54) is 6.92 Å². The van der Waals surface area contributed by atoms with Crippen LogP contribution >= 0.6 is 0 Å². The van der Waals surface area contributed by atoms with E-state index in [2.05, 4.69) is 9.82 Å². The average Bonchev–Trinajstić information content (AvgIpc) is 3.21. The highest BCUT2D eigenvalue weighted by Gasteiger charge is 2.23. The van der Waals surface area contributed by atoms with Gasteiger partial charge in [-0.25, -0.2) is 13.1 Å². The zero-order valence-electron chi connectivity index (χ0n) is 15.4. The van der Waals surface area contributed by atoms with Gasteiger partial charge in [0.05, 0.1) is 16.3 Å². The Hall–Kier alpha value is -3.13. The van der Waals surface area contributed by atoms with Crippen LogP contribution in [0.15, 0.2) is 65.8 Å². The van der Waals surface area contributed by atoms with Crippen LogP contribution in [-0.2, 0) is 21.2 Å². The molecular formula is C20H20N4O3S. The summed E-state index contributed by atoms with van der Waals surface area (Å²) in [5, 5.41) is 4.18. The van der Waals surface area contributed by atoms with Gasteiger partial charge >= 0.3 is 0 Å². The van der Waals surface area contributed by atoms with E-state index in [0.717, 1.165) is 24.1 Å². The number of sulfonamides is 1. The molecule has 0 unspecified atom stereocenters. The monoisotopic (exact) mass is 396 g/mol. The van der Waals surface area contributed by atoms with Crippen LogP contribution in [0.4, 0.5) is 11.4 Å². The van der Waals surface area contributed by atoms with Crippen LogP contribution in [-0.4, -0.2) is 30.7 Å². The van der Waals surface area contributed by atoms with Crippen LogP contribution < -0.4 is 9.62 Å². The highest BCUT2D eigenvalue weighted by Crippen LogP contribution is 2.30. The first kappa shape index (κ1) is 18.2. The molecule has 0 bridgehead atoms. The molecule has 0 saturated heterocycles. The number of para-hydroxylation sites is 2. The number of carbonyl (C=O) groups is 1. The molecule has 2 heterocycles. The number of anilines is 2. The van der Waals surface area contributed by atoms with E-state index in [-0.39, 0.29) is 10.8 Å². The minimum atomic E-state index is -3.79. The van der Waals surface area contributed by atoms with Gasteiger partial charge in [-0.3, -0.25) is 9.52 Å². The van der Waals surface area contributed by atoms with Crippen molar-refractivity contribution in [2.45, 2.75) is 24.7 Å². The Morgan fingerprint density at radius 2 is 1.93 bits per heavy atom. The molecule has 2 aromatic carbocycles. The highest BCUT2D eigenvalue weighted by atomic mass is 32.2. The molecule has 0 atom stereocenters. The number of nitrogens with zero attached hydrogens (tertiary/aromatic N) is 3. The molecule has 0 aliphatic carbocycles. The normalized spacial score (nSPS) is 13.8. The number of amides is 1. The first-order chi connectivity index (χ1) is 13.5. The number of rotatable bonds is 4. The Labute approximate surface area is 163 Å². The Balaban J connectivity index is 1.68. The van der Waals surface area contributed by atoms with Crippen LogP contribution in [0, 0.1) is 0 Å². The van der Waals surface area contributed by atoms with Crippen LogP contribution in [0.2, 0.25) is 0 Å². The van der Waals surface area contributed by atoms with E-state index in [1.54, 1.807) is 64.4 Å². The van der Waals surface area contributed by atoms with Crippen molar-refractivity contribution in [3.05, 3.63) is 66.5 Å². The van der Waals surface area contributed by atoms with Gasteiger partial charge in [0.1, 0.15) is 0 Å². The molecule has 3 aromatic rings. The number of aryl methyl sites for hydroxylation is 1. The molecule has 4 rings (SSSR count). The van der Waals surface area contributed by atoms with Crippen LogP contribution in [0.25, 0.3) is 5.69 Å². The van der Waals surface area contributed by atoms with Gasteiger partial charge < -0.3 is 4.90 Å². The van der Waals surface area contributed by atoms with E-state index in [9.17, 15) is 13.2 Å². The number of nitrogens with one attached hydrogen (secondary N) is 1. The van der Waals surface area contributed by atoms with Crippen LogP contribution in [0.5, 0.6) is 0 Å². The maximum atomic E-state index is 13.0. The smallest absolute Gasteiger partial charge is 0.261 e. The fraction of sp³-hybridized carbons (Fsp3) is 0.200. The Morgan fingerprint density at radius 1 is 1.11 bits per heavy atom. The first-order valence-electron chi connectivity index (χ1n) is 8.98. The highest BCUT2D eigenvalue weighted by molar-refractivity contribution is 7.92. The fourth-order valence-electron chi connectivity index (χ4n) is 3.44. The van der Waals surface area contributed by atoms with E-state index < -0.39 is 10.0 Å². The summed E-state index contributed by atoms with van der Waals surface area (Å²) in [4.78, 5) is 13.7. The maximum Gasteiger partial charge on any atom is 0.261 e. The molecule has 144 valence electrons. The van der Waals surface area contributed by atoms with E-state index in [0.29, 0.717) is 17.9 Å². The molecular weight excluding hydrogens is 376 g/mol. The second-order valence-corrected chi connectivity index (χ2v) is 8.32. The number of aromatic nitrogens is 2. The quantitative estimate of drug-likeness (QED) is 0.735. The summed E-state index contributed by atoms with van der Waals surface area (Å²) < 4.78 is 30.3. The van der Waals surface area contributed by atoms with Gasteiger partial charge in [-0.2, -0.15) is 5.10 Å². The molecule has 1 amide bonds. The standard InChI is InChI=1S/C20H20N4O3S/c1-15(25)23-12-4-6-16-14-17(9-10-19(16)23)28(26,27)22-18-7-2-3-8-20(18)24-13-5-11-21-24/h2-3,5,7-11,13-14,22H,4,6,12H2,1H3. The minimum absolute atomic E-state index is 0.0390. The molecule has 1 aliphatic heterocycles. The molecule has 1 aromatic heterocycles. The van der Waals surface area contributed by atoms with Gasteiger partial charge in [-0.05, 0) is 54.8 Å². The number of carbonyl (C=O) groups excluding carboxylic acids is 1. The number of fused-ring (bicyclic) bond motifs is 1. The summed E-state index contributed by atoms with van der Waals surface area (Å²) in [5.41, 5.74) is 2.73. The summed E-state index contributed by atoms with van der Waals surface area (Å²) in [6.07, 6.45) is 4.94. The van der Waals surface area contributed by atoms with Gasteiger partial charge in [0.15, 0.2) is 0 Å². The van der Waals surface area contributed by atoms with Gasteiger partial charge in [-0.15, -0.1) is 0 Å². The summed E-state index contributed by atoms with van der Waals surface area (Å²) in [5.74, 6) is -0.0390. The third-order valence-electron chi connectivity index (χ3n) is 4.76. The number of hydrogen-bond donors (Lipinski definition) is 1. The lowest BCUT2D eigenvalue weighted by molar-refractivity contribution is -0.116. The summed E-state index contributed by atoms with van der Waals surface area (Å²) in [6, 6.07) is 13.8. The Morgan fingerprint density at radius 3 is 2.68 bits per heavy atom. The Kier molecular flexibility index (Phi) is 4.64. The molecule has 7 nitrogen and oxygen atoms in total. The largest absolute Gasteiger partial charge is 0.312 e. The van der Waals surface area contributed by atoms with Crippen molar-refractivity contribution >= 4 is 27.3 Å². The molecule has 1 N–H and O–H groups in total. The summed E-state index contributed by atoms with van der Waals surface area (Å²) in [6.45, 7) is 2.18. The molecule has 0 radical (unpaired) electrons. The van der Waals surface area contributed by atoms with E-state index in [4.69, 9.17) is 0 Å². The lowest BCUT2D eigenvalue weighted by atomic mass is 10.0. The van der Waals surface area contributed by atoms with Crippen molar-refractivity contribution in [1.82, 2.24) is 9.78 Å².